The smallest absolute Gasteiger partial charge is 0.272 e. The van der Waals surface area contributed by atoms with Gasteiger partial charge in [-0.2, -0.15) is 10.2 Å². The summed E-state index contributed by atoms with van der Waals surface area (Å²) < 4.78 is 0. The number of rotatable bonds is 7. The standard InChI is InChI=1S/C22H23N5O3/c1-14(2)11-16-7-9-17(10-8-16)20-13-21(25-24-20)22(28)26-23-15(3)18-5-4-6-19(12-18)27(29)30/h4-10,12-14H,11H2,1-3H3,(H,24,25)(H,26,28)/b23-15+. The number of carbonyl (C=O) groups is 1. The van der Waals surface area contributed by atoms with Crippen LogP contribution in [0.1, 0.15) is 42.4 Å². The molecule has 154 valence electrons. The second-order valence-electron chi connectivity index (χ2n) is 7.41. The lowest BCUT2D eigenvalue weighted by molar-refractivity contribution is -0.384. The van der Waals surface area contributed by atoms with Crippen molar-refractivity contribution in [3.8, 4) is 11.3 Å². The fraction of sp³-hybridized carbons (Fsp3) is 0.227. The van der Waals surface area contributed by atoms with E-state index < -0.39 is 10.8 Å². The first kappa shape index (κ1) is 20.9. The zero-order valence-corrected chi connectivity index (χ0v) is 17.0. The number of hydrogen-bond acceptors (Lipinski definition) is 5. The van der Waals surface area contributed by atoms with Gasteiger partial charge in [0.1, 0.15) is 5.69 Å². The molecule has 2 N–H and O–H groups in total. The molecule has 8 heteroatoms. The number of aromatic nitrogens is 2. The van der Waals surface area contributed by atoms with E-state index in [1.807, 2.05) is 12.1 Å². The molecule has 3 aromatic rings. The van der Waals surface area contributed by atoms with Gasteiger partial charge >= 0.3 is 0 Å². The van der Waals surface area contributed by atoms with Crippen LogP contribution in [0.3, 0.4) is 0 Å². The quantitative estimate of drug-likeness (QED) is 0.346. The average molecular weight is 405 g/mol. The number of hydrogen-bond donors (Lipinski definition) is 2. The van der Waals surface area contributed by atoms with E-state index in [0.717, 1.165) is 12.0 Å². The van der Waals surface area contributed by atoms with Gasteiger partial charge in [0.05, 0.1) is 16.3 Å². The van der Waals surface area contributed by atoms with Gasteiger partial charge in [0.15, 0.2) is 0 Å². The topological polar surface area (TPSA) is 113 Å². The first-order valence-corrected chi connectivity index (χ1v) is 9.57. The maximum atomic E-state index is 12.4. The first-order valence-electron chi connectivity index (χ1n) is 9.57. The van der Waals surface area contributed by atoms with Crippen LogP contribution in [0.5, 0.6) is 0 Å². The van der Waals surface area contributed by atoms with Crippen LogP contribution in [0.15, 0.2) is 59.7 Å². The highest BCUT2D eigenvalue weighted by molar-refractivity contribution is 6.01. The van der Waals surface area contributed by atoms with Crippen LogP contribution >= 0.6 is 0 Å². The molecule has 0 spiro atoms. The lowest BCUT2D eigenvalue weighted by Crippen LogP contribution is -2.19. The third-order valence-electron chi connectivity index (χ3n) is 4.52. The molecule has 0 atom stereocenters. The Hall–Kier alpha value is -3.81. The Morgan fingerprint density at radius 2 is 1.93 bits per heavy atom. The summed E-state index contributed by atoms with van der Waals surface area (Å²) in [5.41, 5.74) is 6.52. The molecule has 2 aromatic carbocycles. The predicted octanol–water partition coefficient (Wildman–Crippen LogP) is 4.34. The van der Waals surface area contributed by atoms with Gasteiger partial charge in [-0.25, -0.2) is 5.43 Å². The minimum atomic E-state index is -0.475. The van der Waals surface area contributed by atoms with Gasteiger partial charge in [-0.15, -0.1) is 0 Å². The summed E-state index contributed by atoms with van der Waals surface area (Å²) in [5.74, 6) is 0.137. The highest BCUT2D eigenvalue weighted by Crippen LogP contribution is 2.20. The molecule has 0 saturated carbocycles. The van der Waals surface area contributed by atoms with Gasteiger partial charge in [-0.3, -0.25) is 20.0 Å². The molecule has 0 saturated heterocycles. The number of nitrogens with one attached hydrogen (secondary N) is 2. The van der Waals surface area contributed by atoms with Crippen molar-refractivity contribution in [1.29, 1.82) is 0 Å². The summed E-state index contributed by atoms with van der Waals surface area (Å²) in [5, 5.41) is 21.9. The summed E-state index contributed by atoms with van der Waals surface area (Å²) in [7, 11) is 0. The van der Waals surface area contributed by atoms with Crippen molar-refractivity contribution in [2.75, 3.05) is 0 Å². The molecule has 0 fully saturated rings. The molecule has 8 nitrogen and oxygen atoms in total. The minimum Gasteiger partial charge on any atom is -0.272 e. The Bertz CT molecular complexity index is 1080. The Morgan fingerprint density at radius 1 is 1.20 bits per heavy atom. The second-order valence-corrected chi connectivity index (χ2v) is 7.41. The van der Waals surface area contributed by atoms with Gasteiger partial charge in [0.25, 0.3) is 11.6 Å². The van der Waals surface area contributed by atoms with Crippen molar-refractivity contribution in [2.45, 2.75) is 27.2 Å². The van der Waals surface area contributed by atoms with Crippen molar-refractivity contribution in [1.82, 2.24) is 15.6 Å². The Kier molecular flexibility index (Phi) is 6.36. The van der Waals surface area contributed by atoms with Crippen LogP contribution in [0, 0.1) is 16.0 Å². The fourth-order valence-corrected chi connectivity index (χ4v) is 2.97. The normalized spacial score (nSPS) is 11.5. The largest absolute Gasteiger partial charge is 0.289 e. The fourth-order valence-electron chi connectivity index (χ4n) is 2.97. The molecular formula is C22H23N5O3. The van der Waals surface area contributed by atoms with Crippen LogP contribution in [-0.4, -0.2) is 26.7 Å². The van der Waals surface area contributed by atoms with Crippen LogP contribution in [0.2, 0.25) is 0 Å². The van der Waals surface area contributed by atoms with Gasteiger partial charge in [0, 0.05) is 23.3 Å². The van der Waals surface area contributed by atoms with Gasteiger partial charge in [-0.05, 0) is 30.9 Å². The summed E-state index contributed by atoms with van der Waals surface area (Å²) in [6.07, 6.45) is 1.01. The van der Waals surface area contributed by atoms with Gasteiger partial charge in [-0.1, -0.05) is 50.2 Å². The predicted molar refractivity (Wildman–Crippen MR) is 115 cm³/mol. The van der Waals surface area contributed by atoms with Crippen LogP contribution in [-0.2, 0) is 6.42 Å². The first-order chi connectivity index (χ1) is 14.3. The number of H-pyrrole nitrogens is 1. The maximum absolute atomic E-state index is 12.4. The number of amides is 1. The Morgan fingerprint density at radius 3 is 2.60 bits per heavy atom. The number of non-ortho nitro benzene ring substituents is 1. The Labute approximate surface area is 174 Å². The molecule has 0 aliphatic carbocycles. The summed E-state index contributed by atoms with van der Waals surface area (Å²) in [4.78, 5) is 22.8. The van der Waals surface area contributed by atoms with Crippen LogP contribution < -0.4 is 5.43 Å². The van der Waals surface area contributed by atoms with Crippen molar-refractivity contribution < 1.29 is 9.72 Å². The Balaban J connectivity index is 1.68. The number of aromatic amines is 1. The van der Waals surface area contributed by atoms with E-state index >= 15 is 0 Å². The third kappa shape index (κ3) is 5.16. The third-order valence-corrected chi connectivity index (χ3v) is 4.52. The minimum absolute atomic E-state index is 0.0361. The van der Waals surface area contributed by atoms with Crippen molar-refractivity contribution in [3.05, 3.63) is 81.5 Å². The number of nitro groups is 1. The molecule has 0 radical (unpaired) electrons. The molecular weight excluding hydrogens is 382 g/mol. The van der Waals surface area contributed by atoms with E-state index in [0.29, 0.717) is 22.9 Å². The molecule has 1 heterocycles. The van der Waals surface area contributed by atoms with Gasteiger partial charge < -0.3 is 0 Å². The maximum Gasteiger partial charge on any atom is 0.289 e. The molecule has 0 unspecified atom stereocenters. The molecule has 1 aromatic heterocycles. The zero-order chi connectivity index (χ0) is 21.7. The lowest BCUT2D eigenvalue weighted by Gasteiger charge is -2.05. The molecule has 1 amide bonds. The molecule has 30 heavy (non-hydrogen) atoms. The van der Waals surface area contributed by atoms with Crippen LogP contribution in [0.4, 0.5) is 5.69 Å². The molecule has 3 rings (SSSR count). The van der Waals surface area contributed by atoms with Crippen LogP contribution in [0.25, 0.3) is 11.3 Å². The van der Waals surface area contributed by atoms with E-state index in [4.69, 9.17) is 0 Å². The van der Waals surface area contributed by atoms with E-state index in [-0.39, 0.29) is 11.4 Å². The van der Waals surface area contributed by atoms with E-state index in [9.17, 15) is 14.9 Å². The van der Waals surface area contributed by atoms with E-state index in [1.54, 1.807) is 25.1 Å². The lowest BCUT2D eigenvalue weighted by atomic mass is 10.0. The number of nitrogens with zero attached hydrogens (tertiary/aromatic N) is 3. The summed E-state index contributed by atoms with van der Waals surface area (Å²) in [6, 6.07) is 15.8. The number of nitro benzene ring substituents is 1. The van der Waals surface area contributed by atoms with E-state index in [1.165, 1.54) is 17.7 Å². The van der Waals surface area contributed by atoms with Crippen molar-refractivity contribution >= 4 is 17.3 Å². The summed E-state index contributed by atoms with van der Waals surface area (Å²) >= 11 is 0. The molecule has 0 aliphatic rings. The number of hydrazone groups is 1. The zero-order valence-electron chi connectivity index (χ0n) is 17.0. The SMILES string of the molecule is C/C(=N\NC(=O)c1cc(-c2ccc(CC(C)C)cc2)n[nH]1)c1cccc([N+](=O)[O-])c1. The second kappa shape index (κ2) is 9.13. The van der Waals surface area contributed by atoms with E-state index in [2.05, 4.69) is 46.7 Å². The molecule has 0 bridgehead atoms. The monoisotopic (exact) mass is 405 g/mol. The highest BCUT2D eigenvalue weighted by Gasteiger charge is 2.12. The van der Waals surface area contributed by atoms with Crippen molar-refractivity contribution in [2.24, 2.45) is 11.0 Å². The average Bonchev–Trinajstić information content (AvgIpc) is 3.22. The highest BCUT2D eigenvalue weighted by atomic mass is 16.6. The summed E-state index contributed by atoms with van der Waals surface area (Å²) in [6.45, 7) is 6.02. The van der Waals surface area contributed by atoms with Gasteiger partial charge in [0.2, 0.25) is 0 Å². The molecule has 0 aliphatic heterocycles. The number of carbonyl (C=O) groups excluding carboxylic acids is 1. The number of benzene rings is 2. The van der Waals surface area contributed by atoms with Crippen molar-refractivity contribution in [3.63, 3.8) is 0 Å².